The van der Waals surface area contributed by atoms with E-state index < -0.39 is 0 Å². The third kappa shape index (κ3) is 4.60. The molecule has 2 aromatic rings. The molecule has 0 saturated heterocycles. The molecule has 0 spiro atoms. The first-order chi connectivity index (χ1) is 10.6. The lowest BCUT2D eigenvalue weighted by Crippen LogP contribution is -2.31. The fourth-order valence-corrected chi connectivity index (χ4v) is 2.57. The van der Waals surface area contributed by atoms with Crippen molar-refractivity contribution in [3.63, 3.8) is 0 Å². The average Bonchev–Trinajstić information content (AvgIpc) is 2.54. The van der Waals surface area contributed by atoms with Crippen LogP contribution in [0.2, 0.25) is 0 Å². The van der Waals surface area contributed by atoms with E-state index in [1.165, 1.54) is 0 Å². The van der Waals surface area contributed by atoms with Crippen LogP contribution in [-0.4, -0.2) is 24.5 Å². The molecule has 116 valence electrons. The van der Waals surface area contributed by atoms with Crippen LogP contribution >= 0.6 is 15.9 Å². The molecule has 0 heterocycles. The normalized spacial score (nSPS) is 10.3. The van der Waals surface area contributed by atoms with Gasteiger partial charge >= 0.3 is 0 Å². The van der Waals surface area contributed by atoms with E-state index >= 15 is 0 Å². The van der Waals surface area contributed by atoms with Crippen molar-refractivity contribution in [1.29, 1.82) is 0 Å². The van der Waals surface area contributed by atoms with Gasteiger partial charge in [-0.25, -0.2) is 0 Å². The Morgan fingerprint density at radius 3 is 2.59 bits per heavy atom. The molecule has 0 aromatic heterocycles. The highest BCUT2D eigenvalue weighted by atomic mass is 79.9. The van der Waals surface area contributed by atoms with Crippen molar-refractivity contribution in [1.82, 2.24) is 4.90 Å². The standard InChI is InChI=1S/C18H20BrNO2/c1-3-15-11-16(19)9-10-17(15)22-13-18(21)20(2)12-14-7-5-4-6-8-14/h4-11H,3,12-13H2,1-2H3. The third-order valence-electron chi connectivity index (χ3n) is 3.44. The van der Waals surface area contributed by atoms with Crippen molar-refractivity contribution < 1.29 is 9.53 Å². The molecule has 0 aliphatic carbocycles. The fraction of sp³-hybridized carbons (Fsp3) is 0.278. The lowest BCUT2D eigenvalue weighted by molar-refractivity contribution is -0.132. The molecule has 0 radical (unpaired) electrons. The number of amides is 1. The summed E-state index contributed by atoms with van der Waals surface area (Å²) in [5.41, 5.74) is 2.20. The first kappa shape index (κ1) is 16.6. The highest BCUT2D eigenvalue weighted by Crippen LogP contribution is 2.23. The summed E-state index contributed by atoms with van der Waals surface area (Å²) in [4.78, 5) is 13.9. The predicted octanol–water partition coefficient (Wildman–Crippen LogP) is 4.05. The summed E-state index contributed by atoms with van der Waals surface area (Å²) < 4.78 is 6.71. The van der Waals surface area contributed by atoms with Gasteiger partial charge in [-0.2, -0.15) is 0 Å². The van der Waals surface area contributed by atoms with E-state index in [1.54, 1.807) is 11.9 Å². The van der Waals surface area contributed by atoms with Gasteiger partial charge in [0.2, 0.25) is 0 Å². The minimum Gasteiger partial charge on any atom is -0.483 e. The van der Waals surface area contributed by atoms with Crippen molar-refractivity contribution in [2.45, 2.75) is 19.9 Å². The lowest BCUT2D eigenvalue weighted by atomic mass is 10.1. The van der Waals surface area contributed by atoms with E-state index in [2.05, 4.69) is 22.9 Å². The Labute approximate surface area is 140 Å². The Morgan fingerprint density at radius 1 is 1.18 bits per heavy atom. The Kier molecular flexibility index (Phi) is 6.01. The molecule has 1 amide bonds. The highest BCUT2D eigenvalue weighted by molar-refractivity contribution is 9.10. The maximum Gasteiger partial charge on any atom is 0.260 e. The quantitative estimate of drug-likeness (QED) is 0.776. The van der Waals surface area contributed by atoms with Crippen molar-refractivity contribution in [2.24, 2.45) is 0 Å². The molecule has 0 bridgehead atoms. The van der Waals surface area contributed by atoms with Gasteiger partial charge in [-0.3, -0.25) is 4.79 Å². The summed E-state index contributed by atoms with van der Waals surface area (Å²) in [5.74, 6) is 0.737. The smallest absolute Gasteiger partial charge is 0.260 e. The maximum atomic E-state index is 12.2. The van der Waals surface area contributed by atoms with E-state index in [-0.39, 0.29) is 12.5 Å². The van der Waals surface area contributed by atoms with Crippen LogP contribution < -0.4 is 4.74 Å². The maximum absolute atomic E-state index is 12.2. The molecule has 0 saturated carbocycles. The Bertz CT molecular complexity index is 628. The summed E-state index contributed by atoms with van der Waals surface area (Å²) in [7, 11) is 1.79. The zero-order chi connectivity index (χ0) is 15.9. The van der Waals surface area contributed by atoms with Gasteiger partial charge in [0.25, 0.3) is 5.91 Å². The molecule has 2 rings (SSSR count). The zero-order valence-corrected chi connectivity index (χ0v) is 14.5. The van der Waals surface area contributed by atoms with Crippen LogP contribution in [0, 0.1) is 0 Å². The first-order valence-corrected chi connectivity index (χ1v) is 8.08. The van der Waals surface area contributed by atoms with E-state index in [0.29, 0.717) is 6.54 Å². The first-order valence-electron chi connectivity index (χ1n) is 7.29. The molecule has 3 nitrogen and oxygen atoms in total. The van der Waals surface area contributed by atoms with Crippen molar-refractivity contribution in [3.8, 4) is 5.75 Å². The Balaban J connectivity index is 1.92. The molecular formula is C18H20BrNO2. The molecule has 22 heavy (non-hydrogen) atoms. The van der Waals surface area contributed by atoms with Crippen molar-refractivity contribution >= 4 is 21.8 Å². The van der Waals surface area contributed by atoms with Crippen molar-refractivity contribution in [3.05, 3.63) is 64.1 Å². The molecule has 0 N–H and O–H groups in total. The highest BCUT2D eigenvalue weighted by Gasteiger charge is 2.11. The number of hydrogen-bond donors (Lipinski definition) is 0. The minimum absolute atomic E-state index is 0.0335. The van der Waals surface area contributed by atoms with Gasteiger partial charge in [0.1, 0.15) is 5.75 Å². The largest absolute Gasteiger partial charge is 0.483 e. The summed E-state index contributed by atoms with van der Waals surface area (Å²) in [6, 6.07) is 15.8. The SMILES string of the molecule is CCc1cc(Br)ccc1OCC(=O)N(C)Cc1ccccc1. The number of nitrogens with zero attached hydrogens (tertiary/aromatic N) is 1. The number of ether oxygens (including phenoxy) is 1. The summed E-state index contributed by atoms with van der Waals surface area (Å²) in [6.07, 6.45) is 0.864. The average molecular weight is 362 g/mol. The van der Waals surface area contributed by atoms with E-state index in [1.807, 2.05) is 48.5 Å². The number of carbonyl (C=O) groups excluding carboxylic acids is 1. The van der Waals surface area contributed by atoms with Gasteiger partial charge in [-0.15, -0.1) is 0 Å². The Morgan fingerprint density at radius 2 is 1.91 bits per heavy atom. The number of aryl methyl sites for hydroxylation is 1. The van der Waals surface area contributed by atoms with Crippen LogP contribution in [0.15, 0.2) is 53.0 Å². The number of benzene rings is 2. The zero-order valence-electron chi connectivity index (χ0n) is 12.9. The molecule has 0 unspecified atom stereocenters. The van der Waals surface area contributed by atoms with E-state index in [4.69, 9.17) is 4.74 Å². The Hall–Kier alpha value is -1.81. The monoisotopic (exact) mass is 361 g/mol. The van der Waals surface area contributed by atoms with Gasteiger partial charge in [-0.05, 0) is 35.7 Å². The van der Waals surface area contributed by atoms with Gasteiger partial charge in [0.15, 0.2) is 6.61 Å². The number of halogens is 1. The number of carbonyl (C=O) groups is 1. The molecule has 0 atom stereocenters. The second kappa shape index (κ2) is 7.99. The van der Waals surface area contributed by atoms with Gasteiger partial charge in [0, 0.05) is 18.1 Å². The van der Waals surface area contributed by atoms with Gasteiger partial charge in [0.05, 0.1) is 0 Å². The summed E-state index contributed by atoms with van der Waals surface area (Å²) in [5, 5.41) is 0. The predicted molar refractivity (Wildman–Crippen MR) is 91.9 cm³/mol. The second-order valence-electron chi connectivity index (χ2n) is 5.13. The van der Waals surface area contributed by atoms with Crippen LogP contribution in [0.4, 0.5) is 0 Å². The molecule has 2 aromatic carbocycles. The number of hydrogen-bond acceptors (Lipinski definition) is 2. The van der Waals surface area contributed by atoms with Gasteiger partial charge in [-0.1, -0.05) is 53.2 Å². The number of likely N-dealkylation sites (N-methyl/N-ethyl adjacent to an activating group) is 1. The lowest BCUT2D eigenvalue weighted by Gasteiger charge is -2.18. The summed E-state index contributed by atoms with van der Waals surface area (Å²) in [6.45, 7) is 2.71. The molecule has 4 heteroatoms. The molecule has 0 aliphatic rings. The third-order valence-corrected chi connectivity index (χ3v) is 3.94. The van der Waals surface area contributed by atoms with Crippen LogP contribution in [0.25, 0.3) is 0 Å². The van der Waals surface area contributed by atoms with Crippen LogP contribution in [-0.2, 0) is 17.8 Å². The minimum atomic E-state index is -0.0335. The van der Waals surface area contributed by atoms with Crippen molar-refractivity contribution in [2.75, 3.05) is 13.7 Å². The van der Waals surface area contributed by atoms with E-state index in [9.17, 15) is 4.79 Å². The topological polar surface area (TPSA) is 29.5 Å². The fourth-order valence-electron chi connectivity index (χ4n) is 2.16. The molecular weight excluding hydrogens is 342 g/mol. The van der Waals surface area contributed by atoms with Crippen LogP contribution in [0.3, 0.4) is 0 Å². The summed E-state index contributed by atoms with van der Waals surface area (Å²) >= 11 is 3.45. The van der Waals surface area contributed by atoms with Crippen LogP contribution in [0.5, 0.6) is 5.75 Å². The second-order valence-corrected chi connectivity index (χ2v) is 6.05. The number of rotatable bonds is 6. The van der Waals surface area contributed by atoms with E-state index in [0.717, 1.165) is 27.8 Å². The molecule has 0 fully saturated rings. The van der Waals surface area contributed by atoms with Gasteiger partial charge < -0.3 is 9.64 Å². The molecule has 0 aliphatic heterocycles. The van der Waals surface area contributed by atoms with Crippen LogP contribution in [0.1, 0.15) is 18.1 Å².